The lowest BCUT2D eigenvalue weighted by atomic mass is 10.3. The smallest absolute Gasteiger partial charge is 0.0558 e. The van der Waals surface area contributed by atoms with Gasteiger partial charge in [-0.1, -0.05) is 0 Å². The molecule has 0 aromatic rings. The Morgan fingerprint density at radius 1 is 1.70 bits per heavy atom. The third-order valence-electron chi connectivity index (χ3n) is 1.74. The van der Waals surface area contributed by atoms with Gasteiger partial charge in [-0.15, -0.1) is 11.8 Å². The van der Waals surface area contributed by atoms with Crippen molar-refractivity contribution in [1.82, 2.24) is 4.90 Å². The minimum Gasteiger partial charge on any atom is -0.395 e. The van der Waals surface area contributed by atoms with E-state index < -0.39 is 0 Å². The molecule has 0 aromatic heterocycles. The van der Waals surface area contributed by atoms with Crippen molar-refractivity contribution in [2.75, 3.05) is 31.3 Å². The molecule has 0 bridgehead atoms. The molecule has 60 valence electrons. The first-order valence-corrected chi connectivity index (χ1v) is 4.66. The maximum atomic E-state index is 8.65. The van der Waals surface area contributed by atoms with Crippen LogP contribution in [0.5, 0.6) is 0 Å². The van der Waals surface area contributed by atoms with Crippen molar-refractivity contribution in [2.24, 2.45) is 5.73 Å². The first-order valence-electron chi connectivity index (χ1n) is 3.51. The minimum absolute atomic E-state index is 0.247. The van der Waals surface area contributed by atoms with Gasteiger partial charge in [-0.3, -0.25) is 4.90 Å². The molecule has 1 saturated heterocycles. The van der Waals surface area contributed by atoms with E-state index in [1.54, 1.807) is 0 Å². The van der Waals surface area contributed by atoms with Gasteiger partial charge in [0.15, 0.2) is 0 Å². The van der Waals surface area contributed by atoms with E-state index in [2.05, 4.69) is 4.90 Å². The van der Waals surface area contributed by atoms with Crippen LogP contribution in [0, 0.1) is 0 Å². The van der Waals surface area contributed by atoms with E-state index in [0.717, 1.165) is 18.2 Å². The van der Waals surface area contributed by atoms with E-state index in [9.17, 15) is 0 Å². The molecule has 4 heteroatoms. The molecule has 0 spiro atoms. The summed E-state index contributed by atoms with van der Waals surface area (Å²) in [6, 6.07) is 0.497. The van der Waals surface area contributed by atoms with Crippen LogP contribution in [0.4, 0.5) is 0 Å². The Morgan fingerprint density at radius 2 is 2.50 bits per heavy atom. The number of nitrogens with two attached hydrogens (primary N) is 1. The van der Waals surface area contributed by atoms with Gasteiger partial charge < -0.3 is 10.8 Å². The molecule has 1 atom stereocenters. The van der Waals surface area contributed by atoms with Crippen LogP contribution < -0.4 is 5.73 Å². The van der Waals surface area contributed by atoms with E-state index in [0.29, 0.717) is 12.6 Å². The van der Waals surface area contributed by atoms with Gasteiger partial charge in [-0.05, 0) is 0 Å². The molecule has 1 rings (SSSR count). The van der Waals surface area contributed by atoms with Crippen molar-refractivity contribution in [2.45, 2.75) is 6.04 Å². The topological polar surface area (TPSA) is 49.5 Å². The van der Waals surface area contributed by atoms with Crippen LogP contribution in [0.3, 0.4) is 0 Å². The molecular weight excluding hydrogens is 148 g/mol. The zero-order valence-corrected chi connectivity index (χ0v) is 6.81. The number of aliphatic hydroxyl groups is 1. The van der Waals surface area contributed by atoms with Crippen molar-refractivity contribution < 1.29 is 5.11 Å². The Labute approximate surface area is 65.6 Å². The fraction of sp³-hybridized carbons (Fsp3) is 1.00. The van der Waals surface area contributed by atoms with Gasteiger partial charge in [0.1, 0.15) is 0 Å². The molecule has 10 heavy (non-hydrogen) atoms. The summed E-state index contributed by atoms with van der Waals surface area (Å²) in [6.07, 6.45) is 0. The fourth-order valence-corrected chi connectivity index (χ4v) is 2.41. The van der Waals surface area contributed by atoms with Gasteiger partial charge >= 0.3 is 0 Å². The highest BCUT2D eigenvalue weighted by Crippen LogP contribution is 2.18. The Morgan fingerprint density at radius 3 is 3.10 bits per heavy atom. The van der Waals surface area contributed by atoms with Gasteiger partial charge in [0.2, 0.25) is 0 Å². The lowest BCUT2D eigenvalue weighted by molar-refractivity contribution is 0.194. The van der Waals surface area contributed by atoms with Gasteiger partial charge in [-0.25, -0.2) is 0 Å². The second-order valence-electron chi connectivity index (χ2n) is 2.43. The van der Waals surface area contributed by atoms with Crippen LogP contribution in [-0.2, 0) is 0 Å². The molecule has 3 N–H and O–H groups in total. The molecule has 1 aliphatic heterocycles. The second-order valence-corrected chi connectivity index (χ2v) is 3.43. The van der Waals surface area contributed by atoms with E-state index in [1.807, 2.05) is 11.8 Å². The summed E-state index contributed by atoms with van der Waals surface area (Å²) in [7, 11) is 0. The van der Waals surface area contributed by atoms with Crippen LogP contribution in [0.15, 0.2) is 0 Å². The summed E-state index contributed by atoms with van der Waals surface area (Å²) in [5, 5.41) is 8.65. The molecule has 0 amide bonds. The summed E-state index contributed by atoms with van der Waals surface area (Å²) in [4.78, 5) is 2.23. The van der Waals surface area contributed by atoms with Crippen molar-refractivity contribution in [1.29, 1.82) is 0 Å². The standard InChI is InChI=1S/C6H14N2OS/c7-3-6-4-10-5-8(6)1-2-9/h6,9H,1-5,7H2. The summed E-state index contributed by atoms with van der Waals surface area (Å²) in [6.45, 7) is 1.74. The second kappa shape index (κ2) is 4.18. The largest absolute Gasteiger partial charge is 0.395 e. The number of β-amino-alcohol motifs (C(OH)–C–C–N with tert-alkyl or cyclic N) is 1. The molecule has 0 aliphatic carbocycles. The van der Waals surface area contributed by atoms with Crippen LogP contribution in [-0.4, -0.2) is 47.4 Å². The zero-order chi connectivity index (χ0) is 7.40. The predicted molar refractivity (Wildman–Crippen MR) is 44.0 cm³/mol. The van der Waals surface area contributed by atoms with Gasteiger partial charge in [0.25, 0.3) is 0 Å². The first-order chi connectivity index (χ1) is 4.88. The number of hydrogen-bond donors (Lipinski definition) is 2. The number of rotatable bonds is 3. The number of nitrogens with zero attached hydrogens (tertiary/aromatic N) is 1. The third kappa shape index (κ3) is 1.85. The molecule has 1 aliphatic rings. The normalized spacial score (nSPS) is 27.6. The molecule has 0 radical (unpaired) electrons. The molecule has 1 fully saturated rings. The van der Waals surface area contributed by atoms with Crippen molar-refractivity contribution in [3.8, 4) is 0 Å². The third-order valence-corrected chi connectivity index (χ3v) is 2.88. The van der Waals surface area contributed by atoms with Gasteiger partial charge in [0.05, 0.1) is 6.61 Å². The van der Waals surface area contributed by atoms with Crippen molar-refractivity contribution in [3.05, 3.63) is 0 Å². The predicted octanol–water partition coefficient (Wildman–Crippen LogP) is -0.688. The van der Waals surface area contributed by atoms with E-state index >= 15 is 0 Å². The highest BCUT2D eigenvalue weighted by atomic mass is 32.2. The number of aliphatic hydroxyl groups excluding tert-OH is 1. The minimum atomic E-state index is 0.247. The Bertz CT molecular complexity index is 102. The SMILES string of the molecule is NCC1CSCN1CCO. The Balaban J connectivity index is 2.27. The quantitative estimate of drug-likeness (QED) is 0.577. The number of hydrogen-bond acceptors (Lipinski definition) is 4. The van der Waals surface area contributed by atoms with Crippen LogP contribution in [0.25, 0.3) is 0 Å². The van der Waals surface area contributed by atoms with Crippen molar-refractivity contribution in [3.63, 3.8) is 0 Å². The Hall–Kier alpha value is 0.230. The molecule has 0 aromatic carbocycles. The molecule has 1 heterocycles. The molecule has 3 nitrogen and oxygen atoms in total. The van der Waals surface area contributed by atoms with Crippen LogP contribution >= 0.6 is 11.8 Å². The lowest BCUT2D eigenvalue weighted by Gasteiger charge is -2.20. The highest BCUT2D eigenvalue weighted by Gasteiger charge is 2.22. The van der Waals surface area contributed by atoms with E-state index in [4.69, 9.17) is 10.8 Å². The summed E-state index contributed by atoms with van der Waals surface area (Å²) >= 11 is 1.89. The average Bonchev–Trinajstić information content (AvgIpc) is 2.36. The van der Waals surface area contributed by atoms with Gasteiger partial charge in [-0.2, -0.15) is 0 Å². The maximum Gasteiger partial charge on any atom is 0.0558 e. The number of thioether (sulfide) groups is 1. The van der Waals surface area contributed by atoms with Crippen LogP contribution in [0.2, 0.25) is 0 Å². The molecular formula is C6H14N2OS. The average molecular weight is 162 g/mol. The fourth-order valence-electron chi connectivity index (χ4n) is 1.11. The molecule has 1 unspecified atom stereocenters. The summed E-state index contributed by atoms with van der Waals surface area (Å²) < 4.78 is 0. The highest BCUT2D eigenvalue weighted by molar-refractivity contribution is 7.99. The van der Waals surface area contributed by atoms with Crippen molar-refractivity contribution >= 4 is 11.8 Å². The van der Waals surface area contributed by atoms with Gasteiger partial charge in [0, 0.05) is 30.8 Å². The lowest BCUT2D eigenvalue weighted by Crippen LogP contribution is -2.38. The summed E-state index contributed by atoms with van der Waals surface area (Å²) in [5.41, 5.74) is 5.52. The van der Waals surface area contributed by atoms with E-state index in [1.165, 1.54) is 0 Å². The molecule has 0 saturated carbocycles. The maximum absolute atomic E-state index is 8.65. The monoisotopic (exact) mass is 162 g/mol. The summed E-state index contributed by atoms with van der Waals surface area (Å²) in [5.74, 6) is 2.15. The zero-order valence-electron chi connectivity index (χ0n) is 5.99. The van der Waals surface area contributed by atoms with Crippen LogP contribution in [0.1, 0.15) is 0 Å². The first kappa shape index (κ1) is 8.33. The van der Waals surface area contributed by atoms with E-state index in [-0.39, 0.29) is 6.61 Å². The Kier molecular flexibility index (Phi) is 3.48.